The van der Waals surface area contributed by atoms with Gasteiger partial charge >= 0.3 is 5.82 Å². The third kappa shape index (κ3) is 2.75. The van der Waals surface area contributed by atoms with Crippen LogP contribution in [0.25, 0.3) is 6.08 Å². The zero-order chi connectivity index (χ0) is 11.3. The number of aromatic nitrogens is 1. The van der Waals surface area contributed by atoms with Crippen molar-refractivity contribution in [3.05, 3.63) is 34.0 Å². The Balaban J connectivity index is 2.99. The minimum atomic E-state index is -0.608. The zero-order valence-corrected chi connectivity index (χ0v) is 8.21. The van der Waals surface area contributed by atoms with Gasteiger partial charge in [0, 0.05) is 12.7 Å². The molecule has 0 atom stereocenters. The summed E-state index contributed by atoms with van der Waals surface area (Å²) in [6.45, 7) is 0.426. The van der Waals surface area contributed by atoms with Crippen LogP contribution in [0.5, 0.6) is 0 Å². The van der Waals surface area contributed by atoms with Crippen LogP contribution in [0.3, 0.4) is 0 Å². The SMILES string of the molecule is COC/C=C/c1ccnc([N+](=O)[O-])c1N. The largest absolute Gasteiger partial charge is 0.391 e. The molecule has 0 radical (unpaired) electrons. The summed E-state index contributed by atoms with van der Waals surface area (Å²) >= 11 is 0. The lowest BCUT2D eigenvalue weighted by Gasteiger charge is -1.99. The van der Waals surface area contributed by atoms with Gasteiger partial charge in [0.05, 0.1) is 6.61 Å². The van der Waals surface area contributed by atoms with Crippen LogP contribution in [0.2, 0.25) is 0 Å². The molecule has 1 heterocycles. The summed E-state index contributed by atoms with van der Waals surface area (Å²) in [5.41, 5.74) is 6.20. The number of hydrogen-bond acceptors (Lipinski definition) is 5. The molecule has 0 saturated carbocycles. The predicted molar refractivity (Wildman–Crippen MR) is 56.2 cm³/mol. The number of anilines is 1. The summed E-state index contributed by atoms with van der Waals surface area (Å²) in [6.07, 6.45) is 4.73. The van der Waals surface area contributed by atoms with Gasteiger partial charge in [0.2, 0.25) is 0 Å². The van der Waals surface area contributed by atoms with Gasteiger partial charge in [0.15, 0.2) is 0 Å². The Hall–Kier alpha value is -1.95. The molecular weight excluding hydrogens is 198 g/mol. The third-order valence-electron chi connectivity index (χ3n) is 1.74. The van der Waals surface area contributed by atoms with Crippen molar-refractivity contribution >= 4 is 17.6 Å². The number of pyridine rings is 1. The van der Waals surface area contributed by atoms with E-state index < -0.39 is 4.92 Å². The lowest BCUT2D eigenvalue weighted by molar-refractivity contribution is -0.388. The van der Waals surface area contributed by atoms with E-state index in [1.54, 1.807) is 25.3 Å². The van der Waals surface area contributed by atoms with Crippen molar-refractivity contribution in [1.29, 1.82) is 0 Å². The topological polar surface area (TPSA) is 91.3 Å². The lowest BCUT2D eigenvalue weighted by Crippen LogP contribution is -2.00. The molecule has 0 saturated heterocycles. The van der Waals surface area contributed by atoms with Gasteiger partial charge in [0.25, 0.3) is 0 Å². The summed E-state index contributed by atoms with van der Waals surface area (Å²) in [4.78, 5) is 13.5. The Morgan fingerprint density at radius 2 is 2.47 bits per heavy atom. The van der Waals surface area contributed by atoms with Crippen LogP contribution in [0.15, 0.2) is 18.3 Å². The molecule has 0 fully saturated rings. The molecule has 1 aromatic rings. The molecule has 0 aliphatic heterocycles. The number of nitrogens with two attached hydrogens (primary N) is 1. The molecule has 1 aromatic heterocycles. The van der Waals surface area contributed by atoms with Gasteiger partial charge in [-0.05, 0) is 16.0 Å². The minimum absolute atomic E-state index is 0.0647. The van der Waals surface area contributed by atoms with Crippen LogP contribution >= 0.6 is 0 Å². The number of nitrogen functional groups attached to an aromatic ring is 1. The summed E-state index contributed by atoms with van der Waals surface area (Å²) in [6, 6.07) is 1.61. The molecular formula is C9H11N3O3. The highest BCUT2D eigenvalue weighted by Crippen LogP contribution is 2.22. The highest BCUT2D eigenvalue weighted by Gasteiger charge is 2.14. The van der Waals surface area contributed by atoms with Crippen molar-refractivity contribution in [3.8, 4) is 0 Å². The molecule has 6 nitrogen and oxygen atoms in total. The normalized spacial score (nSPS) is 10.7. The second-order valence-corrected chi connectivity index (χ2v) is 2.75. The number of rotatable bonds is 4. The standard InChI is InChI=1S/C9H11N3O3/c1-15-6-2-3-7-4-5-11-9(8(7)10)12(13)14/h2-5H,6,10H2,1H3/b3-2+. The van der Waals surface area contributed by atoms with Gasteiger partial charge in [-0.1, -0.05) is 12.2 Å². The van der Waals surface area contributed by atoms with E-state index in [1.807, 2.05) is 0 Å². The maximum absolute atomic E-state index is 10.5. The van der Waals surface area contributed by atoms with Crippen LogP contribution in [0, 0.1) is 10.1 Å². The average molecular weight is 209 g/mol. The van der Waals surface area contributed by atoms with Crippen molar-refractivity contribution in [2.75, 3.05) is 19.5 Å². The zero-order valence-electron chi connectivity index (χ0n) is 8.21. The van der Waals surface area contributed by atoms with Crippen LogP contribution in [-0.4, -0.2) is 23.6 Å². The number of hydrogen-bond donors (Lipinski definition) is 1. The lowest BCUT2D eigenvalue weighted by atomic mass is 10.2. The molecule has 0 aromatic carbocycles. The molecule has 1 rings (SSSR count). The van der Waals surface area contributed by atoms with E-state index in [9.17, 15) is 10.1 Å². The quantitative estimate of drug-likeness (QED) is 0.594. The molecule has 0 spiro atoms. The van der Waals surface area contributed by atoms with E-state index in [0.29, 0.717) is 12.2 Å². The Kier molecular flexibility index (Phi) is 3.75. The molecule has 0 amide bonds. The summed E-state index contributed by atoms with van der Waals surface area (Å²) in [7, 11) is 1.56. The van der Waals surface area contributed by atoms with Gasteiger partial charge in [-0.25, -0.2) is 0 Å². The highest BCUT2D eigenvalue weighted by molar-refractivity contribution is 5.70. The Labute approximate surface area is 86.5 Å². The predicted octanol–water partition coefficient (Wildman–Crippen LogP) is 1.23. The van der Waals surface area contributed by atoms with Crippen molar-refractivity contribution in [2.24, 2.45) is 0 Å². The van der Waals surface area contributed by atoms with Crippen molar-refractivity contribution < 1.29 is 9.66 Å². The molecule has 0 unspecified atom stereocenters. The monoisotopic (exact) mass is 209 g/mol. The Bertz CT molecular complexity index is 390. The Morgan fingerprint density at radius 1 is 1.73 bits per heavy atom. The molecule has 80 valence electrons. The first-order valence-electron chi connectivity index (χ1n) is 4.21. The molecule has 0 bridgehead atoms. The Morgan fingerprint density at radius 3 is 3.07 bits per heavy atom. The van der Waals surface area contributed by atoms with E-state index >= 15 is 0 Å². The fraction of sp³-hybridized carbons (Fsp3) is 0.222. The van der Waals surface area contributed by atoms with E-state index in [0.717, 1.165) is 0 Å². The third-order valence-corrected chi connectivity index (χ3v) is 1.74. The van der Waals surface area contributed by atoms with Crippen molar-refractivity contribution in [2.45, 2.75) is 0 Å². The highest BCUT2D eigenvalue weighted by atomic mass is 16.6. The van der Waals surface area contributed by atoms with Gasteiger partial charge in [-0.2, -0.15) is 0 Å². The molecule has 0 aliphatic rings. The molecule has 6 heteroatoms. The van der Waals surface area contributed by atoms with Crippen molar-refractivity contribution in [1.82, 2.24) is 4.98 Å². The van der Waals surface area contributed by atoms with Gasteiger partial charge in [0.1, 0.15) is 11.9 Å². The molecule has 2 N–H and O–H groups in total. The summed E-state index contributed by atoms with van der Waals surface area (Å²) in [5, 5.41) is 10.5. The van der Waals surface area contributed by atoms with E-state index in [-0.39, 0.29) is 11.5 Å². The second kappa shape index (κ2) is 5.06. The number of ether oxygens (including phenoxy) is 1. The van der Waals surface area contributed by atoms with E-state index in [1.165, 1.54) is 6.20 Å². The average Bonchev–Trinajstić information content (AvgIpc) is 2.20. The van der Waals surface area contributed by atoms with Crippen molar-refractivity contribution in [3.63, 3.8) is 0 Å². The van der Waals surface area contributed by atoms with Gasteiger partial charge < -0.3 is 20.6 Å². The minimum Gasteiger partial charge on any atom is -0.391 e. The number of nitro groups is 1. The first-order chi connectivity index (χ1) is 7.16. The van der Waals surface area contributed by atoms with Crippen LogP contribution in [0.1, 0.15) is 5.56 Å². The van der Waals surface area contributed by atoms with Gasteiger partial charge in [-0.15, -0.1) is 0 Å². The smallest absolute Gasteiger partial charge is 0.387 e. The van der Waals surface area contributed by atoms with E-state index in [2.05, 4.69) is 4.98 Å². The fourth-order valence-electron chi connectivity index (χ4n) is 1.04. The number of methoxy groups -OCH3 is 1. The van der Waals surface area contributed by atoms with E-state index in [4.69, 9.17) is 10.5 Å². The van der Waals surface area contributed by atoms with Crippen LogP contribution in [0.4, 0.5) is 11.5 Å². The van der Waals surface area contributed by atoms with Crippen LogP contribution < -0.4 is 5.73 Å². The number of nitrogens with zero attached hydrogens (tertiary/aromatic N) is 2. The summed E-state index contributed by atoms with van der Waals surface area (Å²) < 4.78 is 4.80. The fourth-order valence-corrected chi connectivity index (χ4v) is 1.04. The van der Waals surface area contributed by atoms with Gasteiger partial charge in [-0.3, -0.25) is 0 Å². The summed E-state index contributed by atoms with van der Waals surface area (Å²) in [5.74, 6) is -0.324. The molecule has 15 heavy (non-hydrogen) atoms. The molecule has 0 aliphatic carbocycles. The maximum atomic E-state index is 10.5. The first-order valence-corrected chi connectivity index (χ1v) is 4.21. The van der Waals surface area contributed by atoms with Crippen LogP contribution in [-0.2, 0) is 4.74 Å². The second-order valence-electron chi connectivity index (χ2n) is 2.75. The maximum Gasteiger partial charge on any atom is 0.387 e. The first kappa shape index (κ1) is 11.1.